The summed E-state index contributed by atoms with van der Waals surface area (Å²) < 4.78 is 15.5. The summed E-state index contributed by atoms with van der Waals surface area (Å²) in [7, 11) is -2.50. The average Bonchev–Trinajstić information content (AvgIpc) is 3.43. The zero-order valence-corrected chi connectivity index (χ0v) is 32.8. The minimum Gasteiger partial charge on any atom is -0.390 e. The molecular weight excluding hydrogens is 687 g/mol. The van der Waals surface area contributed by atoms with Crippen LogP contribution < -0.4 is 4.90 Å². The normalized spacial score (nSPS) is 19.0. The van der Waals surface area contributed by atoms with E-state index in [-0.39, 0.29) is 5.92 Å². The molecule has 4 aromatic rings. The van der Waals surface area contributed by atoms with Crippen LogP contribution in [0.5, 0.6) is 0 Å². The Kier molecular flexibility index (Phi) is 11.5. The minimum absolute atomic E-state index is 0.206. The Labute approximate surface area is 291 Å². The quantitative estimate of drug-likeness (QED) is 0.0785. The van der Waals surface area contributed by atoms with Crippen LogP contribution in [0.25, 0.3) is 28.0 Å². The highest BCUT2D eigenvalue weighted by atomic mass is 79.9. The van der Waals surface area contributed by atoms with Gasteiger partial charge in [0.15, 0.2) is 11.5 Å². The molecule has 47 heavy (non-hydrogen) atoms. The van der Waals surface area contributed by atoms with Crippen molar-refractivity contribution in [2.75, 3.05) is 31.6 Å². The van der Waals surface area contributed by atoms with E-state index in [9.17, 15) is 5.11 Å². The lowest BCUT2D eigenvalue weighted by atomic mass is 9.78. The summed E-state index contributed by atoms with van der Waals surface area (Å²) in [6.07, 6.45) is 7.02. The number of hydrogen-bond acceptors (Lipinski definition) is 7. The van der Waals surface area contributed by atoms with E-state index in [1.165, 1.54) is 0 Å². The molecule has 1 aromatic carbocycles. The van der Waals surface area contributed by atoms with Gasteiger partial charge in [0.05, 0.1) is 27.7 Å². The van der Waals surface area contributed by atoms with Crippen LogP contribution in [0, 0.1) is 0 Å². The Morgan fingerprint density at radius 3 is 2.06 bits per heavy atom. The summed E-state index contributed by atoms with van der Waals surface area (Å²) >= 11 is 4.01. The van der Waals surface area contributed by atoms with E-state index in [0.29, 0.717) is 26.7 Å². The third-order valence-electron chi connectivity index (χ3n) is 8.97. The van der Waals surface area contributed by atoms with Crippen molar-refractivity contribution in [1.29, 1.82) is 0 Å². The van der Waals surface area contributed by atoms with E-state index < -0.39 is 21.7 Å². The maximum Gasteiger partial charge on any atom is 0.165 e. The van der Waals surface area contributed by atoms with Gasteiger partial charge < -0.3 is 19.5 Å². The van der Waals surface area contributed by atoms with Gasteiger partial charge >= 0.3 is 0 Å². The van der Waals surface area contributed by atoms with Gasteiger partial charge in [0.2, 0.25) is 0 Å². The molecule has 8 nitrogen and oxygen atoms in total. The fraction of sp³-hybridized carbons (Fsp3) is 0.528. The van der Waals surface area contributed by atoms with Crippen molar-refractivity contribution in [3.8, 4) is 22.4 Å². The van der Waals surface area contributed by atoms with E-state index in [1.54, 1.807) is 0 Å². The Morgan fingerprint density at radius 2 is 1.51 bits per heavy atom. The lowest BCUT2D eigenvalue weighted by Gasteiger charge is -2.34. The average molecular weight is 739 g/mol. The fourth-order valence-corrected chi connectivity index (χ4v) is 8.18. The molecule has 1 aliphatic carbocycles. The second-order valence-corrected chi connectivity index (χ2v) is 27.8. The second-order valence-electron chi connectivity index (χ2n) is 15.7. The zero-order chi connectivity index (χ0) is 33.8. The molecule has 0 atom stereocenters. The Balaban J connectivity index is 1.55. The minimum atomic E-state index is -1.25. The molecule has 3 aromatic heterocycles. The van der Waals surface area contributed by atoms with Crippen LogP contribution in [0.1, 0.15) is 44.2 Å². The molecule has 1 fully saturated rings. The predicted molar refractivity (Wildman–Crippen MR) is 202 cm³/mol. The molecule has 11 heteroatoms. The van der Waals surface area contributed by atoms with Crippen molar-refractivity contribution in [2.45, 2.75) is 95.5 Å². The number of halogens is 1. The molecule has 0 amide bonds. The Bertz CT molecular complexity index is 1590. The molecule has 5 rings (SSSR count). The fourth-order valence-electron chi connectivity index (χ4n) is 5.83. The van der Waals surface area contributed by atoms with Crippen LogP contribution in [0.4, 0.5) is 5.82 Å². The van der Waals surface area contributed by atoms with Crippen LogP contribution >= 0.6 is 15.9 Å². The Morgan fingerprint density at radius 1 is 0.894 bits per heavy atom. The molecule has 0 spiro atoms. The van der Waals surface area contributed by atoms with Gasteiger partial charge in [-0.05, 0) is 66.7 Å². The van der Waals surface area contributed by atoms with Crippen LogP contribution in [-0.2, 0) is 9.47 Å². The van der Waals surface area contributed by atoms with Gasteiger partial charge in [0, 0.05) is 58.2 Å². The zero-order valence-electron chi connectivity index (χ0n) is 29.2. The molecule has 0 bridgehead atoms. The Hall–Kier alpha value is -2.42. The van der Waals surface area contributed by atoms with E-state index in [0.717, 1.165) is 81.8 Å². The largest absolute Gasteiger partial charge is 0.390 e. The predicted octanol–water partition coefficient (Wildman–Crippen LogP) is 9.06. The number of aromatic nitrogens is 4. The highest BCUT2D eigenvalue weighted by Gasteiger charge is 2.33. The molecule has 3 heterocycles. The first-order valence-electron chi connectivity index (χ1n) is 16.9. The first kappa shape index (κ1) is 35.9. The van der Waals surface area contributed by atoms with Crippen molar-refractivity contribution in [2.24, 2.45) is 0 Å². The maximum absolute atomic E-state index is 10.8. The topological polar surface area (TPSA) is 85.0 Å². The van der Waals surface area contributed by atoms with Gasteiger partial charge in [-0.2, -0.15) is 9.61 Å². The van der Waals surface area contributed by atoms with Gasteiger partial charge in [-0.15, -0.1) is 0 Å². The van der Waals surface area contributed by atoms with E-state index >= 15 is 0 Å². The molecule has 0 radical (unpaired) electrons. The van der Waals surface area contributed by atoms with Crippen LogP contribution in [-0.4, -0.2) is 73.1 Å². The van der Waals surface area contributed by atoms with Crippen LogP contribution in [0.3, 0.4) is 0 Å². The molecule has 0 saturated heterocycles. The van der Waals surface area contributed by atoms with Crippen molar-refractivity contribution >= 4 is 43.5 Å². The van der Waals surface area contributed by atoms with Crippen molar-refractivity contribution in [1.82, 2.24) is 19.6 Å². The number of anilines is 1. The van der Waals surface area contributed by atoms with Gasteiger partial charge in [0.25, 0.3) is 0 Å². The summed E-state index contributed by atoms with van der Waals surface area (Å²) in [6.45, 7) is 18.4. The summed E-state index contributed by atoms with van der Waals surface area (Å²) in [5.74, 6) is 1.08. The van der Waals surface area contributed by atoms with Crippen LogP contribution in [0.15, 0.2) is 59.3 Å². The summed E-state index contributed by atoms with van der Waals surface area (Å²) in [5.41, 5.74) is 5.03. The SMILES string of the molecule is CC1(O)CCC(c2nc3c(-c4ccc(-c5ccccc5)nc4)cnn3c(N(COCC[Si](C)(C)C)COCC[Si](C)(C)C)c2Br)CC1. The number of ether oxygens (including phenoxy) is 2. The highest BCUT2D eigenvalue weighted by Crippen LogP contribution is 2.43. The first-order valence-corrected chi connectivity index (χ1v) is 25.1. The lowest BCUT2D eigenvalue weighted by molar-refractivity contribution is 0.0168. The summed E-state index contributed by atoms with van der Waals surface area (Å²) in [4.78, 5) is 12.3. The molecule has 254 valence electrons. The van der Waals surface area contributed by atoms with E-state index in [4.69, 9.17) is 24.5 Å². The van der Waals surface area contributed by atoms with Crippen molar-refractivity contribution in [3.63, 3.8) is 0 Å². The number of pyridine rings is 1. The molecule has 1 N–H and O–H groups in total. The smallest absolute Gasteiger partial charge is 0.165 e. The molecule has 1 saturated carbocycles. The highest BCUT2D eigenvalue weighted by molar-refractivity contribution is 9.10. The van der Waals surface area contributed by atoms with Gasteiger partial charge in [-0.3, -0.25) is 4.98 Å². The van der Waals surface area contributed by atoms with Gasteiger partial charge in [0.1, 0.15) is 13.5 Å². The van der Waals surface area contributed by atoms with E-state index in [1.807, 2.05) is 42.0 Å². The van der Waals surface area contributed by atoms with Crippen molar-refractivity contribution < 1.29 is 14.6 Å². The number of nitrogens with zero attached hydrogens (tertiary/aromatic N) is 5. The molecular formula is C36H52BrN5O3Si2. The number of hydrogen-bond donors (Lipinski definition) is 1. The number of rotatable bonds is 14. The van der Waals surface area contributed by atoms with Crippen LogP contribution in [0.2, 0.25) is 51.4 Å². The summed E-state index contributed by atoms with van der Waals surface area (Å²) in [5, 5.41) is 15.7. The van der Waals surface area contributed by atoms with Gasteiger partial charge in [-0.25, -0.2) is 4.98 Å². The number of fused-ring (bicyclic) bond motifs is 1. The number of aliphatic hydroxyl groups is 1. The summed E-state index contributed by atoms with van der Waals surface area (Å²) in [6, 6.07) is 16.6. The lowest BCUT2D eigenvalue weighted by Crippen LogP contribution is -2.34. The number of benzene rings is 1. The molecule has 0 aliphatic heterocycles. The third kappa shape index (κ3) is 9.60. The standard InChI is InChI=1S/C36H52BrN5O3Si2/c1-36(43)17-15-28(16-18-36)33-32(37)35(41(25-44-19-21-46(2,3)4)26-45-20-22-47(5,6)7)42-34(40-33)30(24-39-42)29-13-14-31(38-23-29)27-11-9-8-10-12-27/h8-14,23-24,28,43H,15-22,25-26H2,1-7H3. The monoisotopic (exact) mass is 737 g/mol. The maximum atomic E-state index is 10.8. The third-order valence-corrected chi connectivity index (χ3v) is 13.1. The van der Waals surface area contributed by atoms with Crippen molar-refractivity contribution in [3.05, 3.63) is 65.0 Å². The first-order chi connectivity index (χ1) is 22.2. The van der Waals surface area contributed by atoms with E-state index in [2.05, 4.69) is 84.4 Å². The molecule has 0 unspecified atom stereocenters. The molecule has 1 aliphatic rings. The second kappa shape index (κ2) is 15.0. The van der Waals surface area contributed by atoms with Gasteiger partial charge in [-0.1, -0.05) is 75.7 Å².